The number of nitrogens with zero attached hydrogens (tertiary/aromatic N) is 3. The number of carboxylic acid groups (broad SMARTS) is 2. The smallest absolute Gasteiger partial charge is 0.475 e. The highest BCUT2D eigenvalue weighted by atomic mass is 19.4. The van der Waals surface area contributed by atoms with Crippen LogP contribution in [0.2, 0.25) is 0 Å². The Morgan fingerprint density at radius 3 is 2.03 bits per heavy atom. The number of carbonyl (C=O) groups excluding carboxylic acids is 1. The highest BCUT2D eigenvalue weighted by Crippen LogP contribution is 2.39. The summed E-state index contributed by atoms with van der Waals surface area (Å²) in [5.41, 5.74) is 1.29. The van der Waals surface area contributed by atoms with Gasteiger partial charge in [-0.25, -0.2) is 9.59 Å². The molecule has 1 spiro atoms. The minimum atomic E-state index is -5.08. The van der Waals surface area contributed by atoms with Crippen LogP contribution in [0.25, 0.3) is 0 Å². The van der Waals surface area contributed by atoms with Gasteiger partial charge >= 0.3 is 24.3 Å². The third-order valence-corrected chi connectivity index (χ3v) is 5.60. The predicted molar refractivity (Wildman–Crippen MR) is 110 cm³/mol. The molecule has 2 N–H and O–H groups in total. The molecule has 3 heterocycles. The summed E-state index contributed by atoms with van der Waals surface area (Å²) in [6.45, 7) is 6.09. The fraction of sp³-hybridized carbons (Fsp3) is 0.619. The highest BCUT2D eigenvalue weighted by Gasteiger charge is 2.44. The van der Waals surface area contributed by atoms with E-state index in [0.29, 0.717) is 5.91 Å². The first kappa shape index (κ1) is 30.1. The van der Waals surface area contributed by atoms with Crippen molar-refractivity contribution < 1.29 is 50.9 Å². The van der Waals surface area contributed by atoms with Crippen LogP contribution in [0.3, 0.4) is 0 Å². The number of hydrogen-bond donors (Lipinski definition) is 2. The number of pyridine rings is 1. The summed E-state index contributed by atoms with van der Waals surface area (Å²) in [6.07, 6.45) is -3.06. The molecule has 2 aliphatic heterocycles. The predicted octanol–water partition coefficient (Wildman–Crippen LogP) is 3.72. The van der Waals surface area contributed by atoms with Crippen LogP contribution in [0.1, 0.15) is 44.7 Å². The summed E-state index contributed by atoms with van der Waals surface area (Å²) in [6, 6.07) is 6.11. The van der Waals surface area contributed by atoms with Crippen LogP contribution >= 0.6 is 0 Å². The summed E-state index contributed by atoms with van der Waals surface area (Å²) < 4.78 is 63.5. The van der Waals surface area contributed by atoms with Gasteiger partial charge in [0.1, 0.15) is 0 Å². The van der Waals surface area contributed by atoms with Crippen LogP contribution in [-0.2, 0) is 20.9 Å². The minimum Gasteiger partial charge on any atom is -0.475 e. The number of likely N-dealkylation sites (tertiary alicyclic amines) is 2. The normalized spacial score (nSPS) is 20.9. The summed E-state index contributed by atoms with van der Waals surface area (Å²) in [5.74, 6) is -5.16. The first-order chi connectivity index (χ1) is 16.1. The summed E-state index contributed by atoms with van der Waals surface area (Å²) in [4.78, 5) is 38.9. The standard InChI is InChI=1S/C17H25N3O.2C2HF3O2/c1-2-20-16(21)7-9-17(20)8-5-12-19(13-10-17)14-15-6-3-4-11-18-15;2*3-2(4,5)1(6)7/h3-4,6,11H,2,5,7-10,12-14H2,1H3;2*(H,6,7). The van der Waals surface area contributed by atoms with Crippen LogP contribution in [0, 0.1) is 0 Å². The van der Waals surface area contributed by atoms with Crippen molar-refractivity contribution in [3.63, 3.8) is 0 Å². The van der Waals surface area contributed by atoms with E-state index in [2.05, 4.69) is 33.8 Å². The Kier molecular flexibility index (Phi) is 10.9. The largest absolute Gasteiger partial charge is 0.490 e. The van der Waals surface area contributed by atoms with E-state index in [9.17, 15) is 31.1 Å². The third-order valence-electron chi connectivity index (χ3n) is 5.60. The quantitative estimate of drug-likeness (QED) is 0.591. The van der Waals surface area contributed by atoms with Gasteiger partial charge < -0.3 is 15.1 Å². The van der Waals surface area contributed by atoms with Gasteiger partial charge in [-0.2, -0.15) is 26.3 Å². The van der Waals surface area contributed by atoms with Crippen molar-refractivity contribution in [2.24, 2.45) is 0 Å². The molecule has 2 aliphatic rings. The number of alkyl halides is 6. The molecule has 8 nitrogen and oxygen atoms in total. The van der Waals surface area contributed by atoms with Crippen molar-refractivity contribution in [3.8, 4) is 0 Å². The fourth-order valence-corrected chi connectivity index (χ4v) is 4.02. The van der Waals surface area contributed by atoms with E-state index < -0.39 is 24.3 Å². The molecule has 35 heavy (non-hydrogen) atoms. The minimum absolute atomic E-state index is 0.144. The number of aromatic nitrogens is 1. The van der Waals surface area contributed by atoms with Crippen molar-refractivity contribution in [2.45, 2.75) is 63.5 Å². The van der Waals surface area contributed by atoms with Crippen molar-refractivity contribution in [3.05, 3.63) is 30.1 Å². The molecule has 1 aromatic rings. The van der Waals surface area contributed by atoms with E-state index in [1.165, 1.54) is 6.42 Å². The van der Waals surface area contributed by atoms with Gasteiger partial charge in [-0.3, -0.25) is 14.7 Å². The second-order valence-electron chi connectivity index (χ2n) is 7.92. The molecule has 0 saturated carbocycles. The molecule has 3 rings (SSSR count). The molecule has 0 bridgehead atoms. The number of hydrogen-bond acceptors (Lipinski definition) is 5. The molecule has 0 aliphatic carbocycles. The molecule has 14 heteroatoms. The Morgan fingerprint density at radius 1 is 1.00 bits per heavy atom. The molecule has 1 amide bonds. The van der Waals surface area contributed by atoms with E-state index in [1.807, 2.05) is 12.3 Å². The third kappa shape index (κ3) is 9.70. The number of aliphatic carboxylic acids is 2. The number of amides is 1. The Morgan fingerprint density at radius 2 is 1.57 bits per heavy atom. The van der Waals surface area contributed by atoms with Crippen molar-refractivity contribution in [1.82, 2.24) is 14.8 Å². The zero-order valence-corrected chi connectivity index (χ0v) is 18.9. The maximum absolute atomic E-state index is 12.1. The van der Waals surface area contributed by atoms with Gasteiger partial charge in [0.25, 0.3) is 0 Å². The molecular weight excluding hydrogens is 488 g/mol. The summed E-state index contributed by atoms with van der Waals surface area (Å²) in [5, 5.41) is 14.2. The molecule has 1 atom stereocenters. The monoisotopic (exact) mass is 515 g/mol. The van der Waals surface area contributed by atoms with Gasteiger partial charge in [0.2, 0.25) is 5.91 Å². The maximum Gasteiger partial charge on any atom is 0.490 e. The lowest BCUT2D eigenvalue weighted by atomic mass is 9.88. The topological polar surface area (TPSA) is 111 Å². The second kappa shape index (κ2) is 12.7. The number of rotatable bonds is 3. The Hall–Kier alpha value is -2.90. The lowest BCUT2D eigenvalue weighted by Gasteiger charge is -2.37. The number of halogens is 6. The average Bonchev–Trinajstić information content (AvgIpc) is 2.93. The molecule has 2 saturated heterocycles. The second-order valence-corrected chi connectivity index (χ2v) is 7.92. The summed E-state index contributed by atoms with van der Waals surface area (Å²) >= 11 is 0. The summed E-state index contributed by atoms with van der Waals surface area (Å²) in [7, 11) is 0. The first-order valence-electron chi connectivity index (χ1n) is 10.7. The van der Waals surface area contributed by atoms with Crippen molar-refractivity contribution in [2.75, 3.05) is 19.6 Å². The zero-order valence-electron chi connectivity index (χ0n) is 18.9. The Balaban J connectivity index is 0.000000362. The first-order valence-corrected chi connectivity index (χ1v) is 10.7. The number of carboxylic acids is 2. The lowest BCUT2D eigenvalue weighted by Crippen LogP contribution is -2.46. The Bertz CT molecular complexity index is 826. The van der Waals surface area contributed by atoms with Gasteiger partial charge in [-0.15, -0.1) is 0 Å². The van der Waals surface area contributed by atoms with E-state index in [1.54, 1.807) is 0 Å². The van der Waals surface area contributed by atoms with Gasteiger partial charge in [0, 0.05) is 37.8 Å². The van der Waals surface area contributed by atoms with Crippen LogP contribution in [0.15, 0.2) is 24.4 Å². The van der Waals surface area contributed by atoms with E-state index in [4.69, 9.17) is 19.8 Å². The lowest BCUT2D eigenvalue weighted by molar-refractivity contribution is -0.193. The van der Waals surface area contributed by atoms with Gasteiger partial charge in [0.05, 0.1) is 5.69 Å². The van der Waals surface area contributed by atoms with Gasteiger partial charge in [-0.05, 0) is 51.3 Å². The number of carbonyl (C=O) groups is 3. The SMILES string of the molecule is CCN1C(=O)CCC12CCCN(Cc1ccccn1)CC2.O=C(O)C(F)(F)F.O=C(O)C(F)(F)F. The van der Waals surface area contributed by atoms with Crippen LogP contribution in [-0.4, -0.2) is 80.4 Å². The van der Waals surface area contributed by atoms with Gasteiger partial charge in [0.15, 0.2) is 0 Å². The maximum atomic E-state index is 12.1. The highest BCUT2D eigenvalue weighted by molar-refractivity contribution is 5.79. The molecule has 2 fully saturated rings. The van der Waals surface area contributed by atoms with Crippen LogP contribution in [0.4, 0.5) is 26.3 Å². The van der Waals surface area contributed by atoms with Crippen LogP contribution < -0.4 is 0 Å². The molecule has 1 unspecified atom stereocenters. The van der Waals surface area contributed by atoms with E-state index >= 15 is 0 Å². The van der Waals surface area contributed by atoms with Gasteiger partial charge in [-0.1, -0.05) is 6.07 Å². The van der Waals surface area contributed by atoms with E-state index in [0.717, 1.165) is 57.6 Å². The molecular formula is C21H27F6N3O5. The van der Waals surface area contributed by atoms with E-state index in [-0.39, 0.29) is 5.54 Å². The Labute approximate surface area is 197 Å². The fourth-order valence-electron chi connectivity index (χ4n) is 4.02. The average molecular weight is 515 g/mol. The molecule has 0 radical (unpaired) electrons. The van der Waals surface area contributed by atoms with Crippen molar-refractivity contribution in [1.29, 1.82) is 0 Å². The zero-order chi connectivity index (χ0) is 26.9. The molecule has 198 valence electrons. The molecule has 0 aromatic carbocycles. The van der Waals surface area contributed by atoms with Crippen molar-refractivity contribution >= 4 is 17.8 Å². The van der Waals surface area contributed by atoms with Crippen LogP contribution in [0.5, 0.6) is 0 Å². The molecule has 1 aromatic heterocycles.